The maximum atomic E-state index is 10.3. The Bertz CT molecular complexity index is 887. The Balaban J connectivity index is 0.000000211. The molecule has 0 aliphatic rings. The molecule has 0 atom stereocenters. The highest BCUT2D eigenvalue weighted by Gasteiger charge is 2.14. The number of primary amides is 1. The topological polar surface area (TPSA) is 68.9 Å². The van der Waals surface area contributed by atoms with E-state index >= 15 is 0 Å². The van der Waals surface area contributed by atoms with Gasteiger partial charge in [-0.3, -0.25) is 4.79 Å². The Morgan fingerprint density at radius 3 is 1.36 bits per heavy atom. The molecule has 1 aromatic heterocycles. The average Bonchev–Trinajstić information content (AvgIpc) is 2.77. The van der Waals surface area contributed by atoms with Crippen LogP contribution < -0.4 is 21.6 Å². The van der Waals surface area contributed by atoms with Gasteiger partial charge in [-0.15, -0.1) is 5.10 Å². The highest BCUT2D eigenvalue weighted by Crippen LogP contribution is 2.32. The average molecular weight is 385 g/mol. The maximum Gasteiger partial charge on any atom is 0.269 e. The third-order valence-corrected chi connectivity index (χ3v) is 6.31. The van der Waals surface area contributed by atoms with Gasteiger partial charge in [-0.1, -0.05) is 91.0 Å². The Kier molecular flexibility index (Phi) is 7.00. The lowest BCUT2D eigenvalue weighted by atomic mass is 10.4. The van der Waals surface area contributed by atoms with Gasteiger partial charge in [0.2, 0.25) is 0 Å². The molecule has 4 nitrogen and oxygen atoms in total. The molecule has 0 radical (unpaired) electrons. The zero-order valence-electron chi connectivity index (χ0n) is 15.2. The molecule has 5 heteroatoms. The summed E-state index contributed by atoms with van der Waals surface area (Å²) in [5, 5.41) is 11.1. The van der Waals surface area contributed by atoms with E-state index in [9.17, 15) is 4.79 Å². The first kappa shape index (κ1) is 19.4. The van der Waals surface area contributed by atoms with Crippen molar-refractivity contribution in [1.82, 2.24) is 10.2 Å². The molecule has 1 amide bonds. The van der Waals surface area contributed by atoms with E-state index in [-0.39, 0.29) is 5.69 Å². The second kappa shape index (κ2) is 10.1. The Labute approximate surface area is 165 Å². The van der Waals surface area contributed by atoms with E-state index < -0.39 is 13.8 Å². The Morgan fingerprint density at radius 2 is 1.07 bits per heavy atom. The lowest BCUT2D eigenvalue weighted by Crippen LogP contribution is -2.20. The van der Waals surface area contributed by atoms with Crippen molar-refractivity contribution in [3.63, 3.8) is 0 Å². The zero-order chi connectivity index (χ0) is 19.6. The van der Waals surface area contributed by atoms with E-state index in [1.54, 1.807) is 6.07 Å². The van der Waals surface area contributed by atoms with E-state index in [1.807, 2.05) is 0 Å². The van der Waals surface area contributed by atoms with Crippen molar-refractivity contribution in [2.45, 2.75) is 0 Å². The summed E-state index contributed by atoms with van der Waals surface area (Å²) in [4.78, 5) is 10.3. The molecular weight excluding hydrogens is 365 g/mol. The monoisotopic (exact) mass is 385 g/mol. The molecule has 0 aliphatic carbocycles. The summed E-state index contributed by atoms with van der Waals surface area (Å²) in [6.45, 7) is 0. The number of hydrogen-bond donors (Lipinski definition) is 1. The largest absolute Gasteiger partial charge is 0.364 e. The molecule has 0 spiro atoms. The van der Waals surface area contributed by atoms with Crippen LogP contribution in [0.2, 0.25) is 0 Å². The number of carbonyl (C=O) groups is 1. The lowest BCUT2D eigenvalue weighted by Gasteiger charge is -2.18. The number of aromatic nitrogens is 2. The summed E-state index contributed by atoms with van der Waals surface area (Å²) in [5.41, 5.74) is 5.06. The highest BCUT2D eigenvalue weighted by atomic mass is 31.1. The van der Waals surface area contributed by atoms with Gasteiger partial charge in [-0.05, 0) is 36.0 Å². The van der Waals surface area contributed by atoms with Crippen molar-refractivity contribution in [2.75, 3.05) is 0 Å². The molecule has 0 saturated heterocycles. The van der Waals surface area contributed by atoms with Gasteiger partial charge in [0, 0.05) is 6.20 Å². The van der Waals surface area contributed by atoms with Crippen molar-refractivity contribution in [3.05, 3.63) is 115 Å². The predicted molar refractivity (Wildman–Crippen MR) is 116 cm³/mol. The Hall–Kier alpha value is -3.36. The Morgan fingerprint density at radius 1 is 0.643 bits per heavy atom. The van der Waals surface area contributed by atoms with E-state index in [0.29, 0.717) is 0 Å². The van der Waals surface area contributed by atoms with Crippen molar-refractivity contribution in [1.29, 1.82) is 0 Å². The van der Waals surface area contributed by atoms with Crippen LogP contribution in [0.4, 0.5) is 0 Å². The molecule has 0 saturated carbocycles. The molecule has 0 unspecified atom stereocenters. The standard InChI is InChI=1S/C18H15P.C5H5N3O/c1-4-10-16(11-5-1)19(17-12-6-2-7-13-17)18-14-8-3-9-15-18;6-5(9)4-2-1-3-7-8-4/h1-15H;1-3H,(H2,6,9). The van der Waals surface area contributed by atoms with E-state index in [2.05, 4.69) is 101 Å². The second-order valence-corrected chi connectivity index (χ2v) is 8.04. The fraction of sp³-hybridized carbons (Fsp3) is 0. The predicted octanol–water partition coefficient (Wildman–Crippen LogP) is 3.02. The minimum Gasteiger partial charge on any atom is -0.364 e. The minimum atomic E-state index is -0.553. The van der Waals surface area contributed by atoms with Gasteiger partial charge >= 0.3 is 0 Å². The van der Waals surface area contributed by atoms with Crippen molar-refractivity contribution < 1.29 is 4.79 Å². The normalized spacial score (nSPS) is 10.0. The SMILES string of the molecule is NC(=O)c1cccnn1.c1ccc(P(c2ccccc2)c2ccccc2)cc1. The lowest BCUT2D eigenvalue weighted by molar-refractivity contribution is 0.0994. The van der Waals surface area contributed by atoms with Crippen LogP contribution in [0.5, 0.6) is 0 Å². The van der Waals surface area contributed by atoms with Gasteiger partial charge in [0.25, 0.3) is 5.91 Å². The molecule has 4 rings (SSSR count). The molecule has 0 bridgehead atoms. The van der Waals surface area contributed by atoms with Gasteiger partial charge in [-0.25, -0.2) is 0 Å². The highest BCUT2D eigenvalue weighted by molar-refractivity contribution is 7.79. The molecule has 0 fully saturated rings. The molecule has 2 N–H and O–H groups in total. The summed E-state index contributed by atoms with van der Waals surface area (Å²) >= 11 is 0. The third-order valence-electron chi connectivity index (χ3n) is 3.87. The number of rotatable bonds is 4. The van der Waals surface area contributed by atoms with Crippen LogP contribution in [-0.2, 0) is 0 Å². The van der Waals surface area contributed by atoms with E-state index in [1.165, 1.54) is 28.2 Å². The number of hydrogen-bond acceptors (Lipinski definition) is 3. The summed E-state index contributed by atoms with van der Waals surface area (Å²) in [7, 11) is -0.446. The molecule has 138 valence electrons. The minimum absolute atomic E-state index is 0.192. The smallest absolute Gasteiger partial charge is 0.269 e. The number of benzene rings is 3. The van der Waals surface area contributed by atoms with Gasteiger partial charge < -0.3 is 5.73 Å². The van der Waals surface area contributed by atoms with Gasteiger partial charge in [0.05, 0.1) is 0 Å². The van der Waals surface area contributed by atoms with Crippen LogP contribution >= 0.6 is 7.92 Å². The molecule has 28 heavy (non-hydrogen) atoms. The first-order valence-electron chi connectivity index (χ1n) is 8.78. The first-order chi connectivity index (χ1) is 13.8. The van der Waals surface area contributed by atoms with Crippen LogP contribution in [0.1, 0.15) is 10.5 Å². The fourth-order valence-corrected chi connectivity index (χ4v) is 4.92. The van der Waals surface area contributed by atoms with Crippen LogP contribution in [0.25, 0.3) is 0 Å². The van der Waals surface area contributed by atoms with Gasteiger partial charge in [-0.2, -0.15) is 5.10 Å². The van der Waals surface area contributed by atoms with Crippen LogP contribution in [0.15, 0.2) is 109 Å². The molecule has 0 aliphatic heterocycles. The summed E-state index contributed by atoms with van der Waals surface area (Å²) < 4.78 is 0. The molecule has 3 aromatic carbocycles. The number of amides is 1. The second-order valence-electron chi connectivity index (χ2n) is 5.82. The summed E-state index contributed by atoms with van der Waals surface area (Å²) in [5.74, 6) is -0.553. The molecule has 1 heterocycles. The van der Waals surface area contributed by atoms with E-state index in [4.69, 9.17) is 5.73 Å². The molecular formula is C23H20N3OP. The number of nitrogens with two attached hydrogens (primary N) is 1. The molecule has 4 aromatic rings. The zero-order valence-corrected chi connectivity index (χ0v) is 16.1. The number of carbonyl (C=O) groups excluding carboxylic acids is 1. The van der Waals surface area contributed by atoms with Crippen molar-refractivity contribution >= 4 is 29.7 Å². The third kappa shape index (κ3) is 5.32. The van der Waals surface area contributed by atoms with Crippen LogP contribution in [0.3, 0.4) is 0 Å². The van der Waals surface area contributed by atoms with E-state index in [0.717, 1.165) is 0 Å². The van der Waals surface area contributed by atoms with Crippen LogP contribution in [0, 0.1) is 0 Å². The van der Waals surface area contributed by atoms with Crippen molar-refractivity contribution in [3.8, 4) is 0 Å². The van der Waals surface area contributed by atoms with Gasteiger partial charge in [0.15, 0.2) is 5.69 Å². The van der Waals surface area contributed by atoms with Crippen molar-refractivity contribution in [2.24, 2.45) is 5.73 Å². The summed E-state index contributed by atoms with van der Waals surface area (Å²) in [6, 6.07) is 35.4. The van der Waals surface area contributed by atoms with Crippen LogP contribution in [-0.4, -0.2) is 16.1 Å². The maximum absolute atomic E-state index is 10.3. The first-order valence-corrected chi connectivity index (χ1v) is 10.1. The number of nitrogens with zero attached hydrogens (tertiary/aromatic N) is 2. The fourth-order valence-electron chi connectivity index (χ4n) is 2.61. The summed E-state index contributed by atoms with van der Waals surface area (Å²) in [6.07, 6.45) is 1.48. The quantitative estimate of drug-likeness (QED) is 0.549. The van der Waals surface area contributed by atoms with Gasteiger partial charge in [0.1, 0.15) is 0 Å².